The Morgan fingerprint density at radius 3 is 2.45 bits per heavy atom. The molecule has 7 nitrogen and oxygen atoms in total. The van der Waals surface area contributed by atoms with Crippen molar-refractivity contribution in [2.45, 2.75) is 85.0 Å². The fourth-order valence-electron chi connectivity index (χ4n) is 4.54. The Labute approximate surface area is 198 Å². The summed E-state index contributed by atoms with van der Waals surface area (Å²) in [5.41, 5.74) is 1.15. The van der Waals surface area contributed by atoms with Crippen LogP contribution in [-0.4, -0.2) is 64.2 Å². The van der Waals surface area contributed by atoms with Gasteiger partial charge in [-0.15, -0.1) is 0 Å². The number of piperidine rings is 1. The minimum Gasteiger partial charge on any atom is -0.508 e. The maximum absolute atomic E-state index is 13.5. The fraction of sp³-hybridized carbons (Fsp3) is 0.692. The number of fused-ring (bicyclic) bond motifs is 1. The van der Waals surface area contributed by atoms with Crippen molar-refractivity contribution < 1.29 is 19.4 Å². The van der Waals surface area contributed by atoms with Crippen LogP contribution in [0.15, 0.2) is 18.2 Å². The number of hydrogen-bond donors (Lipinski definition) is 2. The highest BCUT2D eigenvalue weighted by Crippen LogP contribution is 2.28. The van der Waals surface area contributed by atoms with Crippen LogP contribution in [-0.2, 0) is 22.5 Å². The van der Waals surface area contributed by atoms with E-state index >= 15 is 0 Å². The standard InChI is InChI=1S/C26H41N3O4/c1-17(2)22(16-28-11-9-18(3)10-12-28)27-24(31)23-14-19-7-8-21(30)13-20(19)15-29(23)25(32)33-26(4,5)6/h7-8,13,17-18,22-23,30H,9-12,14-16H2,1-6H3,(H,27,31)/t22-,23-/m0/s1. The SMILES string of the molecule is CC1CCN(C[C@H](NC(=O)[C@@H]2Cc3ccc(O)cc3CN2C(=O)OC(C)(C)C)C(C)C)CC1. The van der Waals surface area contributed by atoms with E-state index in [1.807, 2.05) is 26.8 Å². The average molecular weight is 460 g/mol. The second-order valence-electron chi connectivity index (χ2n) is 11.1. The molecule has 2 heterocycles. The number of carbonyl (C=O) groups excluding carboxylic acids is 2. The van der Waals surface area contributed by atoms with Gasteiger partial charge in [-0.25, -0.2) is 4.79 Å². The first-order chi connectivity index (χ1) is 15.4. The van der Waals surface area contributed by atoms with Gasteiger partial charge in [0.25, 0.3) is 0 Å². The predicted octanol–water partition coefficient (Wildman–Crippen LogP) is 3.93. The quantitative estimate of drug-likeness (QED) is 0.697. The number of nitrogens with zero attached hydrogens (tertiary/aromatic N) is 2. The molecular formula is C26H41N3O4. The van der Waals surface area contributed by atoms with Gasteiger partial charge in [0.15, 0.2) is 0 Å². The maximum Gasteiger partial charge on any atom is 0.411 e. The minimum absolute atomic E-state index is 0.00704. The summed E-state index contributed by atoms with van der Waals surface area (Å²) in [6.07, 6.45) is 2.27. The van der Waals surface area contributed by atoms with E-state index in [0.717, 1.165) is 36.7 Å². The molecule has 0 saturated carbocycles. The van der Waals surface area contributed by atoms with E-state index < -0.39 is 17.7 Å². The largest absolute Gasteiger partial charge is 0.508 e. The molecule has 0 bridgehead atoms. The second kappa shape index (κ2) is 10.3. The molecule has 1 saturated heterocycles. The maximum atomic E-state index is 13.5. The lowest BCUT2D eigenvalue weighted by Crippen LogP contribution is -2.57. The smallest absolute Gasteiger partial charge is 0.411 e. The number of rotatable bonds is 5. The van der Waals surface area contributed by atoms with Crippen LogP contribution in [0, 0.1) is 11.8 Å². The molecule has 1 fully saturated rings. The van der Waals surface area contributed by atoms with Crippen molar-refractivity contribution in [1.29, 1.82) is 0 Å². The monoisotopic (exact) mass is 459 g/mol. The summed E-state index contributed by atoms with van der Waals surface area (Å²) in [5.74, 6) is 1.04. The average Bonchev–Trinajstić information content (AvgIpc) is 2.72. The van der Waals surface area contributed by atoms with Crippen LogP contribution in [0.25, 0.3) is 0 Å². The molecule has 2 N–H and O–H groups in total. The number of amides is 2. The molecule has 7 heteroatoms. The van der Waals surface area contributed by atoms with Crippen molar-refractivity contribution in [3.63, 3.8) is 0 Å². The molecule has 1 aromatic carbocycles. The van der Waals surface area contributed by atoms with Gasteiger partial charge in [0.1, 0.15) is 17.4 Å². The third-order valence-corrected chi connectivity index (χ3v) is 6.71. The Morgan fingerprint density at radius 2 is 1.85 bits per heavy atom. The van der Waals surface area contributed by atoms with Crippen LogP contribution in [0.3, 0.4) is 0 Å². The van der Waals surface area contributed by atoms with E-state index in [1.165, 1.54) is 17.7 Å². The summed E-state index contributed by atoms with van der Waals surface area (Å²) >= 11 is 0. The molecule has 0 aliphatic carbocycles. The van der Waals surface area contributed by atoms with Crippen molar-refractivity contribution in [2.75, 3.05) is 19.6 Å². The molecule has 0 aromatic heterocycles. The zero-order valence-corrected chi connectivity index (χ0v) is 21.1. The van der Waals surface area contributed by atoms with E-state index in [1.54, 1.807) is 12.1 Å². The fourth-order valence-corrected chi connectivity index (χ4v) is 4.54. The summed E-state index contributed by atoms with van der Waals surface area (Å²) in [5, 5.41) is 13.2. The number of benzene rings is 1. The number of phenolic OH excluding ortho intramolecular Hbond substituents is 1. The van der Waals surface area contributed by atoms with E-state index in [9.17, 15) is 14.7 Å². The Hall–Kier alpha value is -2.28. The highest BCUT2D eigenvalue weighted by atomic mass is 16.6. The Kier molecular flexibility index (Phi) is 7.93. The van der Waals surface area contributed by atoms with Crippen molar-refractivity contribution in [3.8, 4) is 5.75 Å². The molecule has 3 rings (SSSR count). The minimum atomic E-state index is -0.664. The molecule has 2 aliphatic heterocycles. The van der Waals surface area contributed by atoms with E-state index in [-0.39, 0.29) is 30.2 Å². The predicted molar refractivity (Wildman–Crippen MR) is 129 cm³/mol. The summed E-state index contributed by atoms with van der Waals surface area (Å²) in [4.78, 5) is 30.5. The Balaban J connectivity index is 1.77. The molecule has 2 atom stereocenters. The zero-order valence-electron chi connectivity index (χ0n) is 21.1. The van der Waals surface area contributed by atoms with Gasteiger partial charge in [-0.05, 0) is 81.8 Å². The van der Waals surface area contributed by atoms with Crippen LogP contribution in [0.1, 0.15) is 65.5 Å². The molecular weight excluding hydrogens is 418 g/mol. The number of aromatic hydroxyl groups is 1. The van der Waals surface area contributed by atoms with Crippen LogP contribution < -0.4 is 5.32 Å². The molecule has 2 amide bonds. The van der Waals surface area contributed by atoms with Crippen molar-refractivity contribution in [1.82, 2.24) is 15.1 Å². The van der Waals surface area contributed by atoms with Crippen LogP contribution in [0.2, 0.25) is 0 Å². The summed E-state index contributed by atoms with van der Waals surface area (Å²) in [6.45, 7) is 15.2. The normalized spacial score (nSPS) is 20.9. The van der Waals surface area contributed by atoms with Crippen molar-refractivity contribution in [2.24, 2.45) is 11.8 Å². The molecule has 33 heavy (non-hydrogen) atoms. The Bertz CT molecular complexity index is 840. The van der Waals surface area contributed by atoms with Crippen LogP contribution in [0.4, 0.5) is 4.79 Å². The van der Waals surface area contributed by atoms with Gasteiger partial charge in [-0.2, -0.15) is 0 Å². The van der Waals surface area contributed by atoms with Crippen molar-refractivity contribution in [3.05, 3.63) is 29.3 Å². The number of ether oxygens (including phenoxy) is 1. The lowest BCUT2D eigenvalue weighted by molar-refractivity contribution is -0.128. The second-order valence-corrected chi connectivity index (χ2v) is 11.1. The highest BCUT2D eigenvalue weighted by molar-refractivity contribution is 5.87. The first kappa shape index (κ1) is 25.3. The highest BCUT2D eigenvalue weighted by Gasteiger charge is 2.38. The molecule has 0 spiro atoms. The number of carbonyl (C=O) groups is 2. The van der Waals surface area contributed by atoms with E-state index in [0.29, 0.717) is 6.42 Å². The van der Waals surface area contributed by atoms with Gasteiger partial charge in [-0.3, -0.25) is 9.69 Å². The van der Waals surface area contributed by atoms with E-state index in [4.69, 9.17) is 4.74 Å². The van der Waals surface area contributed by atoms with Crippen LogP contribution >= 0.6 is 0 Å². The summed E-state index contributed by atoms with van der Waals surface area (Å²) in [7, 11) is 0. The van der Waals surface area contributed by atoms with E-state index in [2.05, 4.69) is 31.0 Å². The van der Waals surface area contributed by atoms with Crippen LogP contribution in [0.5, 0.6) is 5.75 Å². The number of hydrogen-bond acceptors (Lipinski definition) is 5. The molecule has 0 unspecified atom stereocenters. The topological polar surface area (TPSA) is 82.1 Å². The lowest BCUT2D eigenvalue weighted by atomic mass is 9.92. The molecule has 184 valence electrons. The molecule has 1 aromatic rings. The molecule has 0 radical (unpaired) electrons. The first-order valence-corrected chi connectivity index (χ1v) is 12.3. The summed E-state index contributed by atoms with van der Waals surface area (Å²) in [6, 6.07) is 4.49. The van der Waals surface area contributed by atoms with Gasteiger partial charge >= 0.3 is 6.09 Å². The van der Waals surface area contributed by atoms with Gasteiger partial charge in [0.2, 0.25) is 5.91 Å². The number of nitrogens with one attached hydrogen (secondary N) is 1. The van der Waals surface area contributed by atoms with Gasteiger partial charge in [0, 0.05) is 19.0 Å². The lowest BCUT2D eigenvalue weighted by Gasteiger charge is -2.39. The third-order valence-electron chi connectivity index (χ3n) is 6.71. The number of likely N-dealkylation sites (tertiary alicyclic amines) is 1. The van der Waals surface area contributed by atoms with Gasteiger partial charge < -0.3 is 20.1 Å². The Morgan fingerprint density at radius 1 is 1.18 bits per heavy atom. The van der Waals surface area contributed by atoms with Crippen molar-refractivity contribution >= 4 is 12.0 Å². The van der Waals surface area contributed by atoms with Gasteiger partial charge in [0.05, 0.1) is 6.54 Å². The summed E-state index contributed by atoms with van der Waals surface area (Å²) < 4.78 is 5.62. The third kappa shape index (κ3) is 6.85. The van der Waals surface area contributed by atoms with Gasteiger partial charge in [-0.1, -0.05) is 26.8 Å². The number of phenols is 1. The zero-order chi connectivity index (χ0) is 24.3. The molecule has 2 aliphatic rings. The first-order valence-electron chi connectivity index (χ1n) is 12.3.